The number of ketones is 2. The van der Waals surface area contributed by atoms with E-state index < -0.39 is 225 Å². The quantitative estimate of drug-likeness (QED) is 0.0167. The number of methoxy groups -OCH3 is 1. The van der Waals surface area contributed by atoms with Crippen molar-refractivity contribution in [1.82, 2.24) is 73.6 Å². The Hall–Kier alpha value is -9.96. The van der Waals surface area contributed by atoms with Crippen molar-refractivity contribution < 1.29 is 110 Å². The number of carbonyl (C=O) groups is 16. The highest BCUT2D eigenvalue weighted by molar-refractivity contribution is 7.98. The fourth-order valence-electron chi connectivity index (χ4n) is 16.3. The number of Topliss-reactive ketones (excluding diaryl/α,β-unsaturated/α-hetero) is 2. The van der Waals surface area contributed by atoms with Crippen LogP contribution in [0.4, 0.5) is 0 Å². The van der Waals surface area contributed by atoms with E-state index in [2.05, 4.69) is 63.8 Å². The number of esters is 2. The van der Waals surface area contributed by atoms with Gasteiger partial charge in [-0.3, -0.25) is 71.9 Å². The van der Waals surface area contributed by atoms with Crippen molar-refractivity contribution in [2.45, 2.75) is 408 Å². The standard InChI is InChI=1S/C107H174N14O23S2/c1-63(2)54-74(68-57-83(122)107(27,28)84(123)58-68)108-49-33-32-36-73(99(137)138-29)112-93(131)79(61-140-102(12,13)14)115-89(127)71(47-52-145-30)110-88(126)72(48-53-146-31)111-95(133)82-38-35-51-121(82)98(136)86(64(3)4)118-94(132)80(62-141-103(15,16)17)116-90(128)75(59-85(124)144-106(24,25)26)113-96(134)81-37-34-50-120(81)97(135)77(56-67-41-45-70(46-42-67)143-105(21,22)23)114-87(125)65(5)109-92(130)78(60-139-101(9,10)11)117-91(129)76(119-100(6,7)8)55-66-39-43-69(44-40-66)142-104(18,19)20/h39-46,63-65,71-73,75-82,86,108,119H,32-38,47-62H2,1-31H3,(H,109,130)(H,110,126)(H,111,133)(H,112,131)(H,113,134)(H,114,125)(H,115,127)(H,116,128)(H,117,129)(H,118,132)/t65-,71-,72-,73+,75-,76+,77-,78-,79-,80-,81-,82-,86-/m0/s1. The molecule has 0 unspecified atom stereocenters. The fraction of sp³-hybridized carbons (Fsp3) is 0.720. The topological polar surface area (TPSA) is 489 Å². The Bertz CT molecular complexity index is 4750. The van der Waals surface area contributed by atoms with Crippen LogP contribution in [0.5, 0.6) is 11.5 Å². The van der Waals surface area contributed by atoms with E-state index >= 15 is 24.0 Å². The van der Waals surface area contributed by atoms with Gasteiger partial charge >= 0.3 is 11.9 Å². The molecule has 0 spiro atoms. The number of thioether (sulfide) groups is 2. The third-order valence-electron chi connectivity index (χ3n) is 23.9. The number of likely N-dealkylation sites (tertiary alicyclic amines) is 2. The van der Waals surface area contributed by atoms with Crippen LogP contribution in [0.2, 0.25) is 0 Å². The Balaban J connectivity index is 1.39. The summed E-state index contributed by atoms with van der Waals surface area (Å²) in [4.78, 5) is 235. The second-order valence-electron chi connectivity index (χ2n) is 46.5. The summed E-state index contributed by atoms with van der Waals surface area (Å²) in [6.45, 7) is 49.1. The van der Waals surface area contributed by atoms with Crippen LogP contribution in [0.15, 0.2) is 59.8 Å². The van der Waals surface area contributed by atoms with Crippen molar-refractivity contribution in [3.05, 3.63) is 70.9 Å². The van der Waals surface area contributed by atoms with E-state index in [0.29, 0.717) is 60.8 Å². The van der Waals surface area contributed by atoms with Gasteiger partial charge in [0.15, 0.2) is 0 Å². The zero-order chi connectivity index (χ0) is 110. The minimum Gasteiger partial charge on any atom is -0.488 e. The largest absolute Gasteiger partial charge is 0.488 e. The molecule has 0 radical (unpaired) electrons. The lowest BCUT2D eigenvalue weighted by molar-refractivity contribution is -0.157. The highest BCUT2D eigenvalue weighted by Crippen LogP contribution is 2.35. The summed E-state index contributed by atoms with van der Waals surface area (Å²) < 4.78 is 41.3. The van der Waals surface area contributed by atoms with Crippen LogP contribution in [0.3, 0.4) is 0 Å². The first-order chi connectivity index (χ1) is 67.5. The smallest absolute Gasteiger partial charge is 0.328 e. The van der Waals surface area contributed by atoms with Gasteiger partial charge in [0.05, 0.1) is 61.6 Å². The van der Waals surface area contributed by atoms with Crippen LogP contribution in [0, 0.1) is 17.3 Å². The molecular formula is C107H174N14O23S2. The third-order valence-corrected chi connectivity index (χ3v) is 25.2. The molecule has 0 aromatic heterocycles. The maximum absolute atomic E-state index is 15.5. The molecular weight excluding hydrogens is 1910 g/mol. The van der Waals surface area contributed by atoms with Crippen molar-refractivity contribution in [1.29, 1.82) is 0 Å². The van der Waals surface area contributed by atoms with Gasteiger partial charge in [0.25, 0.3) is 0 Å². The first-order valence-electron chi connectivity index (χ1n) is 51.2. The number of amides is 12. The Morgan fingerprint density at radius 1 is 0.425 bits per heavy atom. The average molecular weight is 2090 g/mol. The Kier molecular flexibility index (Phi) is 49.0. The zero-order valence-electron chi connectivity index (χ0n) is 92.6. The second kappa shape index (κ2) is 56.6. The Morgan fingerprint density at radius 2 is 0.808 bits per heavy atom. The number of hydrogen-bond acceptors (Lipinski definition) is 27. The second-order valence-corrected chi connectivity index (χ2v) is 48.4. The van der Waals surface area contributed by atoms with Gasteiger partial charge in [0.1, 0.15) is 112 Å². The summed E-state index contributed by atoms with van der Waals surface area (Å²) in [7, 11) is 1.19. The van der Waals surface area contributed by atoms with Gasteiger partial charge < -0.3 is 107 Å². The number of nitrogens with zero attached hydrogens (tertiary/aromatic N) is 2. The molecule has 39 heteroatoms. The van der Waals surface area contributed by atoms with E-state index in [1.165, 1.54) is 47.4 Å². The minimum absolute atomic E-state index is 0.0252. The minimum atomic E-state index is -1.82. The van der Waals surface area contributed by atoms with Gasteiger partial charge in [-0.25, -0.2) is 4.79 Å². The molecule has 12 amide bonds. The van der Waals surface area contributed by atoms with Crippen molar-refractivity contribution >= 4 is 118 Å². The average Bonchev–Trinajstić information content (AvgIpc) is 1.02. The monoisotopic (exact) mass is 2090 g/mol. The van der Waals surface area contributed by atoms with Crippen LogP contribution in [0.25, 0.3) is 0 Å². The van der Waals surface area contributed by atoms with Crippen molar-refractivity contribution in [2.75, 3.05) is 70.6 Å². The molecule has 2 aromatic rings. The van der Waals surface area contributed by atoms with E-state index in [1.54, 1.807) is 148 Å². The molecule has 1 aliphatic carbocycles. The van der Waals surface area contributed by atoms with Gasteiger partial charge in [-0.05, 0) is 314 Å². The molecule has 13 atom stereocenters. The first kappa shape index (κ1) is 126. The molecule has 37 nitrogen and oxygen atoms in total. The lowest BCUT2D eigenvalue weighted by Gasteiger charge is -2.33. The van der Waals surface area contributed by atoms with Crippen molar-refractivity contribution in [3.63, 3.8) is 0 Å². The third kappa shape index (κ3) is 44.8. The highest BCUT2D eigenvalue weighted by Gasteiger charge is 2.47. The summed E-state index contributed by atoms with van der Waals surface area (Å²) in [6, 6.07) is -3.31. The SMILES string of the molecule is COC(=O)[C@@H](CCCCNC(CC(C)C)=C1CC(=O)C(C)(C)C(=O)C1)NC(=O)[C@H](COC(C)(C)C)NC(=O)[C@H](CCSC)NC(=O)[C@H](CCSC)NC(=O)[C@@H]1CCCN1C(=O)[C@@H](NC(=O)[C@H](COC(C)(C)C)NC(=O)[C@H](CC(=O)OC(C)(C)C)NC(=O)[C@@H]1CCCN1C(=O)[C@H](Cc1ccc(OC(C)(C)C)cc1)NC(=O)[C@H](C)NC(=O)[C@H](COC(C)(C)C)NC(=O)[C@@H](Cc1ccc(OC(C)(C)C)cc1)NC(C)(C)C)C(C)C. The van der Waals surface area contributed by atoms with E-state index in [-0.39, 0.29) is 108 Å². The van der Waals surface area contributed by atoms with Gasteiger partial charge in [-0.15, -0.1) is 0 Å². The number of hydrogen-bond donors (Lipinski definition) is 12. The molecule has 3 fully saturated rings. The van der Waals surface area contributed by atoms with Gasteiger partial charge in [0.2, 0.25) is 70.9 Å². The van der Waals surface area contributed by atoms with Gasteiger partial charge in [-0.1, -0.05) is 52.0 Å². The molecule has 3 aliphatic rings. The molecule has 822 valence electrons. The van der Waals surface area contributed by atoms with Crippen LogP contribution in [0.1, 0.15) is 288 Å². The van der Waals surface area contributed by atoms with Crippen LogP contribution in [-0.4, -0.2) is 292 Å². The number of allylic oxidation sites excluding steroid dienone is 2. The molecule has 2 aliphatic heterocycles. The molecule has 1 saturated carbocycles. The summed E-state index contributed by atoms with van der Waals surface area (Å²) in [6.07, 6.45) is 5.74. The summed E-state index contributed by atoms with van der Waals surface area (Å²) in [5.74, 6) is -10.1. The molecule has 12 N–H and O–H groups in total. The highest BCUT2D eigenvalue weighted by atomic mass is 32.2. The van der Waals surface area contributed by atoms with Crippen LogP contribution < -0.4 is 73.3 Å². The summed E-state index contributed by atoms with van der Waals surface area (Å²) in [5, 5.41) is 34.6. The number of unbranched alkanes of at least 4 members (excludes halogenated alkanes) is 1. The van der Waals surface area contributed by atoms with Gasteiger partial charge in [-0.2, -0.15) is 23.5 Å². The number of ether oxygens (including phenoxy) is 7. The molecule has 146 heavy (non-hydrogen) atoms. The number of rotatable bonds is 53. The fourth-order valence-corrected chi connectivity index (χ4v) is 17.2. The van der Waals surface area contributed by atoms with E-state index in [1.807, 2.05) is 100 Å². The summed E-state index contributed by atoms with van der Waals surface area (Å²) in [5.41, 5.74) is -3.38. The normalized spacial score (nSPS) is 17.6. The van der Waals surface area contributed by atoms with Crippen LogP contribution >= 0.6 is 23.5 Å². The van der Waals surface area contributed by atoms with E-state index in [4.69, 9.17) is 33.2 Å². The number of nitrogens with one attached hydrogen (secondary N) is 12. The predicted molar refractivity (Wildman–Crippen MR) is 564 cm³/mol. The van der Waals surface area contributed by atoms with E-state index in [0.717, 1.165) is 16.8 Å². The zero-order valence-corrected chi connectivity index (χ0v) is 94.3. The van der Waals surface area contributed by atoms with Crippen molar-refractivity contribution in [2.24, 2.45) is 17.3 Å². The Morgan fingerprint density at radius 3 is 1.22 bits per heavy atom. The predicted octanol–water partition coefficient (Wildman–Crippen LogP) is 8.96. The summed E-state index contributed by atoms with van der Waals surface area (Å²) >= 11 is 2.77. The number of carbonyl (C=O) groups excluding carboxylic acids is 16. The lowest BCUT2D eigenvalue weighted by atomic mass is 9.72. The molecule has 2 saturated heterocycles. The molecule has 2 aromatic carbocycles. The molecule has 0 bridgehead atoms. The molecule has 5 rings (SSSR count). The van der Waals surface area contributed by atoms with Crippen molar-refractivity contribution in [3.8, 4) is 11.5 Å². The van der Waals surface area contributed by atoms with E-state index in [9.17, 15) is 52.7 Å². The molecule has 2 heterocycles. The maximum atomic E-state index is 15.5. The van der Waals surface area contributed by atoms with Crippen LogP contribution in [-0.2, 0) is 113 Å². The Labute approximate surface area is 874 Å². The first-order valence-corrected chi connectivity index (χ1v) is 54.0. The number of benzene rings is 2. The maximum Gasteiger partial charge on any atom is 0.328 e. The lowest BCUT2D eigenvalue weighted by Crippen LogP contribution is -2.62. The van der Waals surface area contributed by atoms with Gasteiger partial charge in [0, 0.05) is 50.1 Å².